The van der Waals surface area contributed by atoms with Gasteiger partial charge in [-0.1, -0.05) is 6.07 Å². The first-order chi connectivity index (χ1) is 12.0. The van der Waals surface area contributed by atoms with Gasteiger partial charge >= 0.3 is 5.97 Å². The van der Waals surface area contributed by atoms with Gasteiger partial charge in [0, 0.05) is 10.6 Å². The summed E-state index contributed by atoms with van der Waals surface area (Å²) in [6.45, 7) is 3.58. The van der Waals surface area contributed by atoms with E-state index in [9.17, 15) is 9.59 Å². The summed E-state index contributed by atoms with van der Waals surface area (Å²) in [6.07, 6.45) is 1.56. The Morgan fingerprint density at radius 1 is 1.20 bits per heavy atom. The number of anilines is 1. The number of furan rings is 1. The molecule has 0 aliphatic heterocycles. The van der Waals surface area contributed by atoms with Crippen molar-refractivity contribution in [2.24, 2.45) is 0 Å². The highest BCUT2D eigenvalue weighted by Gasteiger charge is 2.19. The zero-order chi connectivity index (χ0) is 18.0. The molecular formula is C18H16N2O4S. The molecule has 7 heteroatoms. The van der Waals surface area contributed by atoms with Crippen LogP contribution in [0.2, 0.25) is 0 Å². The predicted molar refractivity (Wildman–Crippen MR) is 95.0 cm³/mol. The Hall–Kier alpha value is -2.93. The minimum atomic E-state index is -0.446. The minimum absolute atomic E-state index is 0.333. The van der Waals surface area contributed by atoms with Crippen LogP contribution < -0.4 is 5.32 Å². The number of carbonyl (C=O) groups excluding carboxylic acids is 2. The number of esters is 1. The SMILES string of the molecule is COC(=O)c1cccc(NC(=O)c2nc(-c3ccco3)sc2C)c1C. The van der Waals surface area contributed by atoms with Gasteiger partial charge in [0.05, 0.1) is 18.9 Å². The van der Waals surface area contributed by atoms with E-state index in [1.54, 1.807) is 43.5 Å². The van der Waals surface area contributed by atoms with Crippen LogP contribution in [-0.2, 0) is 4.74 Å². The lowest BCUT2D eigenvalue weighted by molar-refractivity contribution is 0.0599. The molecule has 1 N–H and O–H groups in total. The number of carbonyl (C=O) groups is 2. The van der Waals surface area contributed by atoms with E-state index in [1.807, 2.05) is 6.92 Å². The summed E-state index contributed by atoms with van der Waals surface area (Å²) in [4.78, 5) is 29.5. The van der Waals surface area contributed by atoms with Crippen LogP contribution in [0.25, 0.3) is 10.8 Å². The van der Waals surface area contributed by atoms with Gasteiger partial charge in [0.2, 0.25) is 0 Å². The largest absolute Gasteiger partial charge is 0.465 e. The number of hydrogen-bond donors (Lipinski definition) is 1. The maximum atomic E-state index is 12.6. The van der Waals surface area contributed by atoms with Gasteiger partial charge in [-0.2, -0.15) is 0 Å². The van der Waals surface area contributed by atoms with Gasteiger partial charge in [-0.3, -0.25) is 4.79 Å². The van der Waals surface area contributed by atoms with Crippen molar-refractivity contribution < 1.29 is 18.7 Å². The van der Waals surface area contributed by atoms with Gasteiger partial charge in [-0.05, 0) is 43.7 Å². The molecule has 0 fully saturated rings. The van der Waals surface area contributed by atoms with Crippen LogP contribution >= 0.6 is 11.3 Å². The van der Waals surface area contributed by atoms with Gasteiger partial charge in [0.25, 0.3) is 5.91 Å². The van der Waals surface area contributed by atoms with Crippen LogP contribution in [0.5, 0.6) is 0 Å². The molecule has 2 heterocycles. The Morgan fingerprint density at radius 3 is 2.68 bits per heavy atom. The second kappa shape index (κ2) is 6.90. The number of amides is 1. The second-order valence-electron chi connectivity index (χ2n) is 5.32. The van der Waals surface area contributed by atoms with E-state index in [2.05, 4.69) is 10.3 Å². The fourth-order valence-corrected chi connectivity index (χ4v) is 3.28. The predicted octanol–water partition coefficient (Wildman–Crippen LogP) is 4.06. The summed E-state index contributed by atoms with van der Waals surface area (Å²) in [5, 5.41) is 3.46. The highest BCUT2D eigenvalue weighted by Crippen LogP contribution is 2.29. The van der Waals surface area contributed by atoms with Crippen LogP contribution in [0.3, 0.4) is 0 Å². The lowest BCUT2D eigenvalue weighted by atomic mass is 10.1. The van der Waals surface area contributed by atoms with Crippen molar-refractivity contribution in [1.82, 2.24) is 4.98 Å². The summed E-state index contributed by atoms with van der Waals surface area (Å²) in [5.41, 5.74) is 1.92. The topological polar surface area (TPSA) is 81.4 Å². The van der Waals surface area contributed by atoms with Crippen molar-refractivity contribution in [3.05, 3.63) is 58.3 Å². The van der Waals surface area contributed by atoms with E-state index in [-0.39, 0.29) is 5.91 Å². The summed E-state index contributed by atoms with van der Waals surface area (Å²) < 4.78 is 10.1. The van der Waals surface area contributed by atoms with Gasteiger partial charge in [-0.25, -0.2) is 9.78 Å². The Balaban J connectivity index is 1.87. The molecule has 25 heavy (non-hydrogen) atoms. The number of ether oxygens (including phenoxy) is 1. The van der Waals surface area contributed by atoms with Gasteiger partial charge in [0.1, 0.15) is 5.69 Å². The highest BCUT2D eigenvalue weighted by atomic mass is 32.1. The minimum Gasteiger partial charge on any atom is -0.465 e. The monoisotopic (exact) mass is 356 g/mol. The third kappa shape index (κ3) is 3.32. The van der Waals surface area contributed by atoms with Gasteiger partial charge in [-0.15, -0.1) is 11.3 Å². The van der Waals surface area contributed by atoms with Crippen LogP contribution in [0.15, 0.2) is 41.0 Å². The first-order valence-corrected chi connectivity index (χ1v) is 8.33. The third-order valence-corrected chi connectivity index (χ3v) is 4.72. The molecule has 3 rings (SSSR count). The van der Waals surface area contributed by atoms with Crippen molar-refractivity contribution in [3.63, 3.8) is 0 Å². The van der Waals surface area contributed by atoms with E-state index in [0.29, 0.717) is 33.3 Å². The first kappa shape index (κ1) is 16.9. The normalized spacial score (nSPS) is 10.5. The first-order valence-electron chi connectivity index (χ1n) is 7.52. The number of benzene rings is 1. The fourth-order valence-electron chi connectivity index (χ4n) is 2.40. The van der Waals surface area contributed by atoms with Crippen molar-refractivity contribution in [2.45, 2.75) is 13.8 Å². The van der Waals surface area contributed by atoms with Crippen molar-refractivity contribution in [3.8, 4) is 10.8 Å². The molecule has 1 amide bonds. The summed E-state index contributed by atoms with van der Waals surface area (Å²) in [5.74, 6) is -0.161. The molecule has 3 aromatic rings. The van der Waals surface area contributed by atoms with Crippen molar-refractivity contribution in [2.75, 3.05) is 12.4 Å². The van der Waals surface area contributed by atoms with Crippen LogP contribution in [0.4, 0.5) is 5.69 Å². The quantitative estimate of drug-likeness (QED) is 0.713. The fraction of sp³-hybridized carbons (Fsp3) is 0.167. The van der Waals surface area contributed by atoms with E-state index in [1.165, 1.54) is 18.4 Å². The van der Waals surface area contributed by atoms with Crippen LogP contribution in [0.1, 0.15) is 31.3 Å². The molecule has 2 aromatic heterocycles. The van der Waals surface area contributed by atoms with Gasteiger partial charge in [0.15, 0.2) is 10.8 Å². The number of thiazole rings is 1. The van der Waals surface area contributed by atoms with Crippen LogP contribution in [0, 0.1) is 13.8 Å². The number of aryl methyl sites for hydroxylation is 1. The Kier molecular flexibility index (Phi) is 4.67. The maximum Gasteiger partial charge on any atom is 0.338 e. The molecule has 0 aliphatic carbocycles. The summed E-state index contributed by atoms with van der Waals surface area (Å²) in [6, 6.07) is 8.64. The van der Waals surface area contributed by atoms with Crippen LogP contribution in [-0.4, -0.2) is 24.0 Å². The number of nitrogens with one attached hydrogen (secondary N) is 1. The third-order valence-electron chi connectivity index (χ3n) is 3.73. The Bertz CT molecular complexity index is 929. The Labute approximate surface area is 148 Å². The second-order valence-corrected chi connectivity index (χ2v) is 6.53. The zero-order valence-electron chi connectivity index (χ0n) is 14.0. The average Bonchev–Trinajstić information content (AvgIpc) is 3.25. The molecule has 1 aromatic carbocycles. The van der Waals surface area contributed by atoms with E-state index >= 15 is 0 Å². The molecule has 0 saturated carbocycles. The summed E-state index contributed by atoms with van der Waals surface area (Å²) in [7, 11) is 1.32. The molecule has 0 unspecified atom stereocenters. The molecule has 0 atom stereocenters. The lowest BCUT2D eigenvalue weighted by Gasteiger charge is -2.10. The highest BCUT2D eigenvalue weighted by molar-refractivity contribution is 7.15. The number of rotatable bonds is 4. The number of methoxy groups -OCH3 is 1. The summed E-state index contributed by atoms with van der Waals surface area (Å²) >= 11 is 1.39. The average molecular weight is 356 g/mol. The number of hydrogen-bond acceptors (Lipinski definition) is 6. The zero-order valence-corrected chi connectivity index (χ0v) is 14.8. The molecule has 0 spiro atoms. The molecule has 0 radical (unpaired) electrons. The molecular weight excluding hydrogens is 340 g/mol. The molecule has 0 aliphatic rings. The number of nitrogens with zero attached hydrogens (tertiary/aromatic N) is 1. The van der Waals surface area contributed by atoms with Crippen molar-refractivity contribution in [1.29, 1.82) is 0 Å². The molecule has 0 saturated heterocycles. The molecule has 6 nitrogen and oxygen atoms in total. The van der Waals surface area contributed by atoms with E-state index in [0.717, 1.165) is 4.88 Å². The molecule has 0 bridgehead atoms. The maximum absolute atomic E-state index is 12.6. The van der Waals surface area contributed by atoms with E-state index < -0.39 is 5.97 Å². The lowest BCUT2D eigenvalue weighted by Crippen LogP contribution is -2.15. The smallest absolute Gasteiger partial charge is 0.338 e. The van der Waals surface area contributed by atoms with E-state index in [4.69, 9.17) is 9.15 Å². The molecule has 128 valence electrons. The number of aromatic nitrogens is 1. The Morgan fingerprint density at radius 2 is 2.00 bits per heavy atom. The standard InChI is InChI=1S/C18H16N2O4S/c1-10-12(18(22)23-3)6-4-7-13(10)19-16(21)15-11(2)25-17(20-15)14-8-5-9-24-14/h4-9H,1-3H3,(H,19,21). The van der Waals surface area contributed by atoms with Crippen molar-refractivity contribution >= 4 is 28.9 Å². The van der Waals surface area contributed by atoms with Gasteiger partial charge < -0.3 is 14.5 Å².